The second-order valence-corrected chi connectivity index (χ2v) is 13.0. The van der Waals surface area contributed by atoms with Crippen LogP contribution in [-0.4, -0.2) is 86.9 Å². The number of carbonyl (C=O) groups is 2. The number of nitrogens with zero attached hydrogens (tertiary/aromatic N) is 6. The molecule has 2 aliphatic rings. The monoisotopic (exact) mass is 680 g/mol. The molecule has 0 saturated carbocycles. The molecule has 1 atom stereocenters. The Balaban J connectivity index is 1.31. The summed E-state index contributed by atoms with van der Waals surface area (Å²) in [6.07, 6.45) is 0.689. The van der Waals surface area contributed by atoms with Gasteiger partial charge in [0.1, 0.15) is 16.5 Å². The van der Waals surface area contributed by atoms with Crippen molar-refractivity contribution in [3.63, 3.8) is 0 Å². The van der Waals surface area contributed by atoms with Gasteiger partial charge < -0.3 is 10.0 Å². The van der Waals surface area contributed by atoms with Gasteiger partial charge in [-0.15, -0.1) is 11.3 Å². The zero-order valence-electron chi connectivity index (χ0n) is 23.6. The van der Waals surface area contributed by atoms with Crippen molar-refractivity contribution in [1.29, 1.82) is 0 Å². The normalized spacial score (nSPS) is 18.3. The van der Waals surface area contributed by atoms with Crippen LogP contribution in [0, 0.1) is 0 Å². The number of carboxylic acids is 1. The summed E-state index contributed by atoms with van der Waals surface area (Å²) in [6.45, 7) is 6.87. The van der Waals surface area contributed by atoms with Gasteiger partial charge in [-0.2, -0.15) is 13.2 Å². The number of carboxylic acid groups (broad SMARTS) is 1. The molecule has 0 amide bonds. The number of carbonyl (C=O) groups excluding carboxylic acids is 1. The molecule has 2 aliphatic heterocycles. The van der Waals surface area contributed by atoms with Gasteiger partial charge in [0, 0.05) is 60.2 Å². The van der Waals surface area contributed by atoms with E-state index in [0.29, 0.717) is 71.9 Å². The number of piperazine rings is 1. The van der Waals surface area contributed by atoms with Gasteiger partial charge in [-0.25, -0.2) is 15.0 Å². The molecule has 0 radical (unpaired) electrons. The van der Waals surface area contributed by atoms with Gasteiger partial charge >= 0.3 is 12.1 Å². The molecule has 4 heterocycles. The predicted molar refractivity (Wildman–Crippen MR) is 160 cm³/mol. The summed E-state index contributed by atoms with van der Waals surface area (Å²) in [7, 11) is 0. The first-order valence-corrected chi connectivity index (χ1v) is 15.7. The van der Waals surface area contributed by atoms with Crippen LogP contribution in [0.2, 0.25) is 0 Å². The maximum absolute atomic E-state index is 13.6. The Morgan fingerprint density at radius 1 is 1.09 bits per heavy atom. The van der Waals surface area contributed by atoms with E-state index in [4.69, 9.17) is 5.11 Å². The highest BCUT2D eigenvalue weighted by atomic mass is 79.9. The molecule has 0 bridgehead atoms. The Kier molecular flexibility index (Phi) is 9.79. The average Bonchev–Trinajstić information content (AvgIpc) is 3.56. The summed E-state index contributed by atoms with van der Waals surface area (Å²) in [5.41, 5.74) is 0.241. The number of anilines is 1. The van der Waals surface area contributed by atoms with Crippen LogP contribution in [-0.2, 0) is 23.9 Å². The molecule has 43 heavy (non-hydrogen) atoms. The smallest absolute Gasteiger partial charge is 0.416 e. The molecule has 2 saturated heterocycles. The highest BCUT2D eigenvalue weighted by molar-refractivity contribution is 9.10. The van der Waals surface area contributed by atoms with Crippen LogP contribution in [0.25, 0.3) is 11.3 Å². The molecular formula is C29H32BrF3N6O3S. The Morgan fingerprint density at radius 3 is 2.49 bits per heavy atom. The van der Waals surface area contributed by atoms with Crippen LogP contribution >= 0.6 is 27.3 Å². The molecule has 14 heteroatoms. The second kappa shape index (κ2) is 13.4. The number of thiazole rings is 1. The van der Waals surface area contributed by atoms with Crippen LogP contribution in [0.5, 0.6) is 0 Å². The minimum Gasteiger partial charge on any atom is -0.481 e. The van der Waals surface area contributed by atoms with Crippen molar-refractivity contribution in [1.82, 2.24) is 24.8 Å². The Hall–Kier alpha value is -2.94. The number of alkyl halides is 3. The molecule has 2 fully saturated rings. The van der Waals surface area contributed by atoms with Crippen LogP contribution in [0.1, 0.15) is 52.1 Å². The fourth-order valence-corrected chi connectivity index (χ4v) is 7.03. The van der Waals surface area contributed by atoms with Crippen molar-refractivity contribution in [2.24, 2.45) is 0 Å². The molecule has 0 aliphatic carbocycles. The average molecular weight is 682 g/mol. The standard InChI is InChI=1S/C29H32BrF3N6O3S/c1-18-3-2-5-39(18)17-24-28(19-11-20(29(31,32)33)13-21(30)12-19)36-26(43-24)14-23(40)22-15-35-25(16-34-22)38-9-7-37(8-10-38)6-4-27(41)42/h11-13,15-16,18H,2-10,14,17H2,1H3,(H,41,42)/t18-/m1/s1. The fraction of sp³-hybridized carbons (Fsp3) is 0.483. The van der Waals surface area contributed by atoms with Crippen molar-refractivity contribution < 1.29 is 27.9 Å². The number of benzene rings is 1. The topological polar surface area (TPSA) is 103 Å². The van der Waals surface area contributed by atoms with Crippen molar-refractivity contribution in [2.45, 2.75) is 51.4 Å². The van der Waals surface area contributed by atoms with Gasteiger partial charge in [-0.1, -0.05) is 15.9 Å². The largest absolute Gasteiger partial charge is 0.481 e. The molecule has 230 valence electrons. The van der Waals surface area contributed by atoms with Crippen LogP contribution < -0.4 is 4.90 Å². The Labute approximate surface area is 259 Å². The van der Waals surface area contributed by atoms with E-state index in [2.05, 4.69) is 47.6 Å². The van der Waals surface area contributed by atoms with Gasteiger partial charge in [0.05, 0.1) is 36.5 Å². The quantitative estimate of drug-likeness (QED) is 0.283. The maximum Gasteiger partial charge on any atom is 0.416 e. The van der Waals surface area contributed by atoms with Gasteiger partial charge in [-0.3, -0.25) is 19.4 Å². The van der Waals surface area contributed by atoms with Crippen molar-refractivity contribution in [3.05, 3.63) is 56.2 Å². The maximum atomic E-state index is 13.6. The number of aromatic nitrogens is 3. The molecule has 0 unspecified atom stereocenters. The van der Waals surface area contributed by atoms with Crippen molar-refractivity contribution in [3.8, 4) is 11.3 Å². The summed E-state index contributed by atoms with van der Waals surface area (Å²) in [4.78, 5) is 44.8. The van der Waals surface area contributed by atoms with Crippen LogP contribution in [0.15, 0.2) is 35.1 Å². The number of aliphatic carboxylic acids is 1. The number of ketones is 1. The first-order chi connectivity index (χ1) is 20.5. The minimum atomic E-state index is -4.50. The zero-order chi connectivity index (χ0) is 30.7. The van der Waals surface area contributed by atoms with E-state index in [1.54, 1.807) is 12.3 Å². The van der Waals surface area contributed by atoms with Gasteiger partial charge in [0.25, 0.3) is 0 Å². The first-order valence-electron chi connectivity index (χ1n) is 14.1. The number of halogens is 4. The molecule has 0 spiro atoms. The number of rotatable bonds is 10. The van der Waals surface area contributed by atoms with E-state index in [9.17, 15) is 22.8 Å². The van der Waals surface area contributed by atoms with E-state index in [0.717, 1.165) is 36.4 Å². The Bertz CT molecular complexity index is 1460. The third-order valence-electron chi connectivity index (χ3n) is 7.85. The summed E-state index contributed by atoms with van der Waals surface area (Å²) in [6, 6.07) is 4.14. The lowest BCUT2D eigenvalue weighted by Gasteiger charge is -2.34. The molecule has 9 nitrogen and oxygen atoms in total. The van der Waals surface area contributed by atoms with Gasteiger partial charge in [-0.05, 0) is 44.5 Å². The minimum absolute atomic E-state index is 0.0381. The second-order valence-electron chi connectivity index (χ2n) is 10.9. The summed E-state index contributed by atoms with van der Waals surface area (Å²) >= 11 is 4.57. The SMILES string of the molecule is C[C@@H]1CCCN1Cc1sc(CC(=O)c2cnc(N3CCN(CCC(=O)O)CC3)cn2)nc1-c1cc(Br)cc(C(F)(F)F)c1. The van der Waals surface area contributed by atoms with Gasteiger partial charge in [0.15, 0.2) is 5.78 Å². The summed E-state index contributed by atoms with van der Waals surface area (Å²) in [5, 5.41) is 9.40. The van der Waals surface area contributed by atoms with E-state index >= 15 is 0 Å². The molecule has 1 aromatic carbocycles. The summed E-state index contributed by atoms with van der Waals surface area (Å²) < 4.78 is 41.1. The highest BCUT2D eigenvalue weighted by Crippen LogP contribution is 2.38. The first kappa shape index (κ1) is 31.5. The lowest BCUT2D eigenvalue weighted by molar-refractivity contribution is -0.138. The third kappa shape index (κ3) is 7.97. The number of hydrogen-bond acceptors (Lipinski definition) is 9. The van der Waals surface area contributed by atoms with E-state index in [1.165, 1.54) is 17.5 Å². The van der Waals surface area contributed by atoms with E-state index < -0.39 is 17.7 Å². The van der Waals surface area contributed by atoms with Gasteiger partial charge in [0.2, 0.25) is 0 Å². The fourth-order valence-electron chi connectivity index (χ4n) is 5.42. The molecule has 2 aromatic heterocycles. The van der Waals surface area contributed by atoms with Crippen LogP contribution in [0.4, 0.5) is 19.0 Å². The number of Topliss-reactive ketones (excluding diaryl/α,β-unsaturated/α-hetero) is 1. The number of likely N-dealkylation sites (tertiary alicyclic amines) is 1. The van der Waals surface area contributed by atoms with Crippen LogP contribution in [0.3, 0.4) is 0 Å². The van der Waals surface area contributed by atoms with E-state index in [1.807, 2.05) is 4.90 Å². The third-order valence-corrected chi connectivity index (χ3v) is 9.35. The van der Waals surface area contributed by atoms with E-state index in [-0.39, 0.29) is 24.3 Å². The highest BCUT2D eigenvalue weighted by Gasteiger charge is 2.32. The number of hydrogen-bond donors (Lipinski definition) is 1. The predicted octanol–water partition coefficient (Wildman–Crippen LogP) is 5.39. The Morgan fingerprint density at radius 2 is 1.86 bits per heavy atom. The molecule has 5 rings (SSSR count). The molecule has 3 aromatic rings. The lowest BCUT2D eigenvalue weighted by atomic mass is 10.1. The zero-order valence-corrected chi connectivity index (χ0v) is 26.0. The summed E-state index contributed by atoms with van der Waals surface area (Å²) in [5.74, 6) is -0.448. The lowest BCUT2D eigenvalue weighted by Crippen LogP contribution is -2.47. The van der Waals surface area contributed by atoms with Crippen molar-refractivity contribution >= 4 is 44.8 Å². The van der Waals surface area contributed by atoms with Crippen molar-refractivity contribution in [2.75, 3.05) is 44.2 Å². The molecule has 1 N–H and O–H groups in total. The molecular weight excluding hydrogens is 649 g/mol.